The molecule has 1 N–H and O–H groups in total. The van der Waals surface area contributed by atoms with Crippen molar-refractivity contribution in [2.75, 3.05) is 13.2 Å². The van der Waals surface area contributed by atoms with E-state index in [2.05, 4.69) is 15.7 Å². The monoisotopic (exact) mass is 531 g/mol. The molecule has 9 nitrogen and oxygen atoms in total. The Hall–Kier alpha value is -4.42. The number of para-hydroxylation sites is 1. The molecular weight excluding hydrogens is 510 g/mol. The molecular formula is C25H21F4N5O4. The Morgan fingerprint density at radius 3 is 2.71 bits per heavy atom. The predicted octanol–water partition coefficient (Wildman–Crippen LogP) is 3.72. The third-order valence-corrected chi connectivity index (χ3v) is 6.16. The summed E-state index contributed by atoms with van der Waals surface area (Å²) in [6.45, 7) is 0.825. The number of carbonyl (C=O) groups is 2. The van der Waals surface area contributed by atoms with E-state index in [1.165, 1.54) is 24.0 Å². The first-order chi connectivity index (χ1) is 18.2. The van der Waals surface area contributed by atoms with Crippen molar-refractivity contribution >= 4 is 17.6 Å². The molecule has 38 heavy (non-hydrogen) atoms. The maximum Gasteiger partial charge on any atom is 0.435 e. The van der Waals surface area contributed by atoms with Crippen LogP contribution in [0.15, 0.2) is 47.6 Å². The zero-order chi connectivity index (χ0) is 27.0. The van der Waals surface area contributed by atoms with Crippen molar-refractivity contribution < 1.29 is 36.7 Å². The van der Waals surface area contributed by atoms with Gasteiger partial charge >= 0.3 is 12.1 Å². The molecule has 13 heteroatoms. The number of benzene rings is 2. The summed E-state index contributed by atoms with van der Waals surface area (Å²) < 4.78 is 61.5. The number of halogens is 4. The molecule has 0 aliphatic carbocycles. The van der Waals surface area contributed by atoms with Crippen molar-refractivity contribution in [3.63, 3.8) is 0 Å². The Bertz CT molecular complexity index is 1450. The van der Waals surface area contributed by atoms with Gasteiger partial charge in [0.15, 0.2) is 17.1 Å². The number of carbonyl (C=O) groups excluding carboxylic acids is 2. The number of aromatic nitrogens is 2. The van der Waals surface area contributed by atoms with Crippen LogP contribution in [0.1, 0.15) is 50.4 Å². The highest BCUT2D eigenvalue weighted by molar-refractivity contribution is 6.04. The van der Waals surface area contributed by atoms with Crippen LogP contribution in [-0.2, 0) is 30.4 Å². The van der Waals surface area contributed by atoms with E-state index in [1.807, 2.05) is 12.1 Å². The summed E-state index contributed by atoms with van der Waals surface area (Å²) in [5, 5.41) is 4.15. The first kappa shape index (κ1) is 25.2. The Morgan fingerprint density at radius 1 is 1.16 bits per heavy atom. The van der Waals surface area contributed by atoms with Gasteiger partial charge in [-0.1, -0.05) is 18.2 Å². The average molecular weight is 531 g/mol. The van der Waals surface area contributed by atoms with Crippen LogP contribution in [-0.4, -0.2) is 45.2 Å². The fourth-order valence-electron chi connectivity index (χ4n) is 4.43. The largest absolute Gasteiger partial charge is 0.461 e. The first-order valence-corrected chi connectivity index (χ1v) is 11.7. The lowest BCUT2D eigenvalue weighted by molar-refractivity contribution is -0.141. The summed E-state index contributed by atoms with van der Waals surface area (Å²) in [7, 11) is 0. The second kappa shape index (κ2) is 9.80. The minimum atomic E-state index is -4.90. The highest BCUT2D eigenvalue weighted by Crippen LogP contribution is 2.34. The molecule has 2 aromatic carbocycles. The standard InChI is InChI=1S/C25H21F4N5O4/c1-2-37-24(36)21-22(25(27,28)29)30-20-13-33(9-10-34(20)21)23(35)16-11-14(7-8-17(16)26)12-18-15-5-3-4-6-19(15)38-32-31-18/h3-8,11,32H,2,9-10,12-13H2,1H3. The fourth-order valence-corrected chi connectivity index (χ4v) is 4.43. The summed E-state index contributed by atoms with van der Waals surface area (Å²) in [6, 6.07) is 11.3. The minimum Gasteiger partial charge on any atom is -0.461 e. The number of alkyl halides is 3. The zero-order valence-electron chi connectivity index (χ0n) is 20.0. The van der Waals surface area contributed by atoms with Gasteiger partial charge < -0.3 is 19.0 Å². The molecule has 3 aromatic rings. The number of amides is 1. The molecule has 2 aliphatic rings. The molecule has 198 valence electrons. The Labute approximate surface area is 213 Å². The van der Waals surface area contributed by atoms with Gasteiger partial charge in [-0.3, -0.25) is 4.79 Å². The molecule has 0 saturated heterocycles. The number of hydrogen-bond donors (Lipinski definition) is 1. The van der Waals surface area contributed by atoms with E-state index in [9.17, 15) is 27.2 Å². The first-order valence-electron chi connectivity index (χ1n) is 11.7. The van der Waals surface area contributed by atoms with Crippen molar-refractivity contribution in [1.29, 1.82) is 0 Å². The van der Waals surface area contributed by atoms with E-state index >= 15 is 0 Å². The summed E-state index contributed by atoms with van der Waals surface area (Å²) in [6.07, 6.45) is -4.64. The summed E-state index contributed by atoms with van der Waals surface area (Å²) in [5.41, 5.74) is 2.10. The average Bonchev–Trinajstić information content (AvgIpc) is 3.29. The lowest BCUT2D eigenvalue weighted by Gasteiger charge is -2.28. The van der Waals surface area contributed by atoms with Crippen molar-refractivity contribution in [3.8, 4) is 5.75 Å². The Kier molecular flexibility index (Phi) is 6.51. The number of hydrogen-bond acceptors (Lipinski definition) is 7. The second-order valence-corrected chi connectivity index (χ2v) is 8.56. The number of imidazole rings is 1. The normalized spacial score (nSPS) is 14.6. The van der Waals surface area contributed by atoms with Crippen LogP contribution in [0.2, 0.25) is 0 Å². The van der Waals surface area contributed by atoms with Gasteiger partial charge in [-0.25, -0.2) is 14.2 Å². The van der Waals surface area contributed by atoms with Crippen LogP contribution in [0.5, 0.6) is 5.75 Å². The van der Waals surface area contributed by atoms with Crippen LogP contribution in [0.4, 0.5) is 17.6 Å². The van der Waals surface area contributed by atoms with Crippen LogP contribution in [0, 0.1) is 5.82 Å². The van der Waals surface area contributed by atoms with Gasteiger partial charge in [0.05, 0.1) is 24.4 Å². The number of nitrogens with one attached hydrogen (secondary N) is 1. The third-order valence-electron chi connectivity index (χ3n) is 6.16. The molecule has 0 atom stereocenters. The molecule has 0 radical (unpaired) electrons. The molecule has 0 fully saturated rings. The zero-order valence-corrected chi connectivity index (χ0v) is 20.0. The summed E-state index contributed by atoms with van der Waals surface area (Å²) >= 11 is 0. The fraction of sp³-hybridized carbons (Fsp3) is 0.280. The van der Waals surface area contributed by atoms with Gasteiger partial charge in [0.1, 0.15) is 11.6 Å². The number of fused-ring (bicyclic) bond motifs is 2. The van der Waals surface area contributed by atoms with Crippen LogP contribution in [0.3, 0.4) is 0 Å². The molecule has 0 bridgehead atoms. The Balaban J connectivity index is 1.40. The van der Waals surface area contributed by atoms with E-state index in [1.54, 1.807) is 12.1 Å². The highest BCUT2D eigenvalue weighted by atomic mass is 19.4. The molecule has 0 spiro atoms. The van der Waals surface area contributed by atoms with Crippen LogP contribution in [0.25, 0.3) is 0 Å². The molecule has 1 aromatic heterocycles. The van der Waals surface area contributed by atoms with E-state index < -0.39 is 35.3 Å². The number of ether oxygens (including phenoxy) is 1. The van der Waals surface area contributed by atoms with Gasteiger partial charge in [0.25, 0.3) is 5.91 Å². The SMILES string of the molecule is CCOC(=O)c1c(C(F)(F)F)nc2n1CCN(C(=O)c1cc(CC3=NNOc4ccccc43)ccc1F)C2. The van der Waals surface area contributed by atoms with Crippen molar-refractivity contribution in [1.82, 2.24) is 20.0 Å². The van der Waals surface area contributed by atoms with Crippen molar-refractivity contribution in [3.05, 3.63) is 82.2 Å². The van der Waals surface area contributed by atoms with Gasteiger partial charge in [0, 0.05) is 25.1 Å². The van der Waals surface area contributed by atoms with E-state index in [4.69, 9.17) is 9.57 Å². The second-order valence-electron chi connectivity index (χ2n) is 8.56. The van der Waals surface area contributed by atoms with E-state index in [0.717, 1.165) is 16.2 Å². The lowest BCUT2D eigenvalue weighted by Crippen LogP contribution is -2.39. The topological polar surface area (TPSA) is 98.1 Å². The van der Waals surface area contributed by atoms with Gasteiger partial charge in [-0.15, -0.1) is 10.7 Å². The number of esters is 1. The maximum absolute atomic E-state index is 14.8. The molecule has 1 amide bonds. The maximum atomic E-state index is 14.8. The molecule has 2 aliphatic heterocycles. The van der Waals surface area contributed by atoms with Crippen molar-refractivity contribution in [2.45, 2.75) is 32.6 Å². The van der Waals surface area contributed by atoms with E-state index in [-0.39, 0.29) is 44.0 Å². The molecule has 3 heterocycles. The number of rotatable bonds is 5. The number of nitrogens with zero attached hydrogens (tertiary/aromatic N) is 4. The van der Waals surface area contributed by atoms with Gasteiger partial charge in [-0.2, -0.15) is 13.2 Å². The molecule has 0 saturated carbocycles. The van der Waals surface area contributed by atoms with Crippen LogP contribution < -0.4 is 10.4 Å². The lowest BCUT2D eigenvalue weighted by atomic mass is 9.99. The number of hydrazone groups is 1. The van der Waals surface area contributed by atoms with Gasteiger partial charge in [0.2, 0.25) is 0 Å². The highest BCUT2D eigenvalue weighted by Gasteiger charge is 2.43. The smallest absolute Gasteiger partial charge is 0.435 e. The quantitative estimate of drug-likeness (QED) is 0.398. The third kappa shape index (κ3) is 4.66. The summed E-state index contributed by atoms with van der Waals surface area (Å²) in [4.78, 5) is 35.6. The molecule has 5 rings (SSSR count). The minimum absolute atomic E-state index is 0.0586. The summed E-state index contributed by atoms with van der Waals surface area (Å²) in [5.74, 6) is -2.21. The van der Waals surface area contributed by atoms with E-state index in [0.29, 0.717) is 17.0 Å². The van der Waals surface area contributed by atoms with Gasteiger partial charge in [-0.05, 0) is 36.8 Å². The Morgan fingerprint density at radius 2 is 1.95 bits per heavy atom. The molecule has 0 unspecified atom stereocenters. The van der Waals surface area contributed by atoms with Crippen LogP contribution >= 0.6 is 0 Å². The predicted molar refractivity (Wildman–Crippen MR) is 125 cm³/mol. The van der Waals surface area contributed by atoms with Crippen molar-refractivity contribution in [2.24, 2.45) is 5.10 Å².